The highest BCUT2D eigenvalue weighted by Crippen LogP contribution is 2.29. The zero-order valence-corrected chi connectivity index (χ0v) is 15.2. The number of aromatic amines is 1. The van der Waals surface area contributed by atoms with Crippen molar-refractivity contribution in [3.8, 4) is 11.5 Å². The summed E-state index contributed by atoms with van der Waals surface area (Å²) in [6.45, 7) is 0.361. The fourth-order valence-corrected chi connectivity index (χ4v) is 2.83. The number of aromatic nitrogens is 1. The second-order valence-electron chi connectivity index (χ2n) is 5.89. The van der Waals surface area contributed by atoms with Gasteiger partial charge in [-0.1, -0.05) is 18.2 Å². The van der Waals surface area contributed by atoms with Crippen molar-refractivity contribution in [3.63, 3.8) is 0 Å². The van der Waals surface area contributed by atoms with Crippen molar-refractivity contribution in [1.82, 2.24) is 10.3 Å². The maximum atomic E-state index is 12.1. The molecule has 0 aliphatic rings. The van der Waals surface area contributed by atoms with E-state index in [2.05, 4.69) is 15.6 Å². The number of carbonyl (C=O) groups excluding carboxylic acids is 2. The van der Waals surface area contributed by atoms with Crippen molar-refractivity contribution in [2.45, 2.75) is 6.42 Å². The number of anilines is 1. The Balaban J connectivity index is 1.54. The standard InChI is InChI=1S/C20H21N3O4/c1-26-17-8-7-14(11-18(17)27-2)23-20(25)19(24)21-10-9-13-12-22-16-6-4-3-5-15(13)16/h3-8,11-12,22H,9-10H2,1-2H3,(H,21,24)(H,23,25). The second-order valence-corrected chi connectivity index (χ2v) is 5.89. The van der Waals surface area contributed by atoms with Gasteiger partial charge >= 0.3 is 11.8 Å². The Kier molecular flexibility index (Phi) is 5.61. The van der Waals surface area contributed by atoms with Crippen LogP contribution in [0.3, 0.4) is 0 Å². The second kappa shape index (κ2) is 8.27. The maximum absolute atomic E-state index is 12.1. The summed E-state index contributed by atoms with van der Waals surface area (Å²) in [6, 6.07) is 12.8. The number of fused-ring (bicyclic) bond motifs is 1. The number of para-hydroxylation sites is 1. The van der Waals surface area contributed by atoms with Gasteiger partial charge in [0.1, 0.15) is 0 Å². The van der Waals surface area contributed by atoms with Gasteiger partial charge in [0.15, 0.2) is 11.5 Å². The summed E-state index contributed by atoms with van der Waals surface area (Å²) in [5.41, 5.74) is 2.58. The van der Waals surface area contributed by atoms with Gasteiger partial charge in [-0.15, -0.1) is 0 Å². The molecule has 3 N–H and O–H groups in total. The molecule has 0 saturated carbocycles. The van der Waals surface area contributed by atoms with Gasteiger partial charge in [-0.25, -0.2) is 0 Å². The van der Waals surface area contributed by atoms with E-state index in [1.165, 1.54) is 14.2 Å². The van der Waals surface area contributed by atoms with Crippen LogP contribution in [0, 0.1) is 0 Å². The Labute approximate surface area is 156 Å². The molecular formula is C20H21N3O4. The van der Waals surface area contributed by atoms with Crippen LogP contribution < -0.4 is 20.1 Å². The fraction of sp³-hybridized carbons (Fsp3) is 0.200. The average Bonchev–Trinajstić information content (AvgIpc) is 3.11. The van der Waals surface area contributed by atoms with E-state index in [4.69, 9.17) is 9.47 Å². The van der Waals surface area contributed by atoms with Crippen LogP contribution in [0.15, 0.2) is 48.7 Å². The zero-order valence-electron chi connectivity index (χ0n) is 15.2. The lowest BCUT2D eigenvalue weighted by atomic mass is 10.1. The third-order valence-corrected chi connectivity index (χ3v) is 4.20. The molecule has 0 aliphatic heterocycles. The Morgan fingerprint density at radius 3 is 2.56 bits per heavy atom. The molecule has 0 atom stereocenters. The van der Waals surface area contributed by atoms with E-state index in [0.29, 0.717) is 30.2 Å². The van der Waals surface area contributed by atoms with Crippen LogP contribution in [-0.4, -0.2) is 37.6 Å². The number of nitrogens with one attached hydrogen (secondary N) is 3. The number of carbonyl (C=O) groups is 2. The van der Waals surface area contributed by atoms with Crippen LogP contribution in [0.25, 0.3) is 10.9 Å². The van der Waals surface area contributed by atoms with Gasteiger partial charge < -0.3 is 25.1 Å². The maximum Gasteiger partial charge on any atom is 0.313 e. The van der Waals surface area contributed by atoms with Crippen molar-refractivity contribution >= 4 is 28.4 Å². The quantitative estimate of drug-likeness (QED) is 0.584. The monoisotopic (exact) mass is 367 g/mol. The lowest BCUT2D eigenvalue weighted by Crippen LogP contribution is -2.36. The first-order chi connectivity index (χ1) is 13.1. The molecule has 7 heteroatoms. The molecule has 140 valence electrons. The van der Waals surface area contributed by atoms with Crippen molar-refractivity contribution in [2.24, 2.45) is 0 Å². The number of rotatable bonds is 6. The molecule has 2 aromatic carbocycles. The van der Waals surface area contributed by atoms with E-state index in [-0.39, 0.29) is 0 Å². The molecule has 0 fully saturated rings. The van der Waals surface area contributed by atoms with Gasteiger partial charge in [0.25, 0.3) is 0 Å². The van der Waals surface area contributed by atoms with Gasteiger partial charge in [0, 0.05) is 35.4 Å². The van der Waals surface area contributed by atoms with Crippen LogP contribution in [-0.2, 0) is 16.0 Å². The van der Waals surface area contributed by atoms with Gasteiger partial charge in [0.2, 0.25) is 0 Å². The molecule has 1 aromatic heterocycles. The summed E-state index contributed by atoms with van der Waals surface area (Å²) in [4.78, 5) is 27.3. The van der Waals surface area contributed by atoms with Crippen molar-refractivity contribution < 1.29 is 19.1 Å². The molecule has 0 aliphatic carbocycles. The molecule has 0 radical (unpaired) electrons. The minimum Gasteiger partial charge on any atom is -0.493 e. The fourth-order valence-electron chi connectivity index (χ4n) is 2.83. The Hall–Kier alpha value is -3.48. The van der Waals surface area contributed by atoms with Crippen LogP contribution in [0.5, 0.6) is 11.5 Å². The van der Waals surface area contributed by atoms with Gasteiger partial charge in [0.05, 0.1) is 14.2 Å². The van der Waals surface area contributed by atoms with Crippen molar-refractivity contribution in [1.29, 1.82) is 0 Å². The van der Waals surface area contributed by atoms with Crippen LogP contribution in [0.2, 0.25) is 0 Å². The average molecular weight is 367 g/mol. The highest BCUT2D eigenvalue weighted by molar-refractivity contribution is 6.39. The summed E-state index contributed by atoms with van der Waals surface area (Å²) in [5.74, 6) is -0.417. The largest absolute Gasteiger partial charge is 0.493 e. The molecule has 3 aromatic rings. The van der Waals surface area contributed by atoms with Crippen LogP contribution in [0.1, 0.15) is 5.56 Å². The Bertz CT molecular complexity index is 965. The summed E-state index contributed by atoms with van der Waals surface area (Å²) in [6.07, 6.45) is 2.54. The van der Waals surface area contributed by atoms with E-state index in [0.717, 1.165) is 16.5 Å². The number of H-pyrrole nitrogens is 1. The van der Waals surface area contributed by atoms with E-state index in [1.54, 1.807) is 18.2 Å². The van der Waals surface area contributed by atoms with Crippen LogP contribution in [0.4, 0.5) is 5.69 Å². The molecule has 27 heavy (non-hydrogen) atoms. The van der Waals surface area contributed by atoms with Crippen molar-refractivity contribution in [3.05, 3.63) is 54.2 Å². The van der Waals surface area contributed by atoms with Crippen LogP contribution >= 0.6 is 0 Å². The topological polar surface area (TPSA) is 92.5 Å². The third kappa shape index (κ3) is 4.20. The SMILES string of the molecule is COc1ccc(NC(=O)C(=O)NCCc2c[nH]c3ccccc23)cc1OC. The zero-order chi connectivity index (χ0) is 19.2. The van der Waals surface area contributed by atoms with Gasteiger partial charge in [-0.2, -0.15) is 0 Å². The Morgan fingerprint density at radius 1 is 1.00 bits per heavy atom. The molecule has 3 rings (SSSR count). The lowest BCUT2D eigenvalue weighted by molar-refractivity contribution is -0.136. The van der Waals surface area contributed by atoms with E-state index in [9.17, 15) is 9.59 Å². The predicted octanol–water partition coefficient (Wildman–Crippen LogP) is 2.48. The highest BCUT2D eigenvalue weighted by atomic mass is 16.5. The summed E-state index contributed by atoms with van der Waals surface area (Å²) < 4.78 is 10.3. The van der Waals surface area contributed by atoms with Crippen molar-refractivity contribution in [2.75, 3.05) is 26.1 Å². The summed E-state index contributed by atoms with van der Waals surface area (Å²) in [7, 11) is 3.03. The van der Waals surface area contributed by atoms with Gasteiger partial charge in [-0.3, -0.25) is 9.59 Å². The molecule has 0 saturated heterocycles. The first-order valence-electron chi connectivity index (χ1n) is 8.48. The Morgan fingerprint density at radius 2 is 1.78 bits per heavy atom. The van der Waals surface area contributed by atoms with E-state index in [1.807, 2.05) is 30.5 Å². The minimum absolute atomic E-state index is 0.361. The first-order valence-corrected chi connectivity index (χ1v) is 8.48. The molecule has 0 unspecified atom stereocenters. The molecule has 1 heterocycles. The molecule has 0 spiro atoms. The van der Waals surface area contributed by atoms with E-state index < -0.39 is 11.8 Å². The number of benzene rings is 2. The van der Waals surface area contributed by atoms with Gasteiger partial charge in [-0.05, 0) is 30.2 Å². The first kappa shape index (κ1) is 18.3. The third-order valence-electron chi connectivity index (χ3n) is 4.20. The number of hydrogen-bond donors (Lipinski definition) is 3. The number of amides is 2. The molecule has 2 amide bonds. The smallest absolute Gasteiger partial charge is 0.313 e. The van der Waals surface area contributed by atoms with E-state index >= 15 is 0 Å². The summed E-state index contributed by atoms with van der Waals surface area (Å²) in [5, 5.41) is 6.30. The molecular weight excluding hydrogens is 346 g/mol. The highest BCUT2D eigenvalue weighted by Gasteiger charge is 2.15. The normalized spacial score (nSPS) is 10.4. The summed E-state index contributed by atoms with van der Waals surface area (Å²) >= 11 is 0. The lowest BCUT2D eigenvalue weighted by Gasteiger charge is -2.10. The number of ether oxygens (including phenoxy) is 2. The molecule has 0 bridgehead atoms. The predicted molar refractivity (Wildman–Crippen MR) is 103 cm³/mol. The molecule has 7 nitrogen and oxygen atoms in total. The minimum atomic E-state index is -0.735. The number of methoxy groups -OCH3 is 2. The number of hydrogen-bond acceptors (Lipinski definition) is 4.